The normalized spacial score (nSPS) is 11.7. The van der Waals surface area contributed by atoms with E-state index in [-0.39, 0.29) is 5.92 Å². The molecule has 0 fully saturated rings. The summed E-state index contributed by atoms with van der Waals surface area (Å²) in [7, 11) is -2.11. The van der Waals surface area contributed by atoms with E-state index in [4.69, 9.17) is 10.5 Å². The number of nitrogens with two attached hydrogens (primary N) is 1. The molecule has 1 aromatic carbocycles. The molecule has 120 valence electrons. The molecule has 0 heterocycles. The van der Waals surface area contributed by atoms with Crippen molar-refractivity contribution in [2.24, 2.45) is 11.7 Å². The molecule has 0 unspecified atom stereocenters. The first-order valence-electron chi connectivity index (χ1n) is 7.02. The third-order valence-electron chi connectivity index (χ3n) is 2.88. The second-order valence-corrected chi connectivity index (χ2v) is 6.81. The van der Waals surface area contributed by atoms with Gasteiger partial charge in [0.25, 0.3) is 0 Å². The molecule has 21 heavy (non-hydrogen) atoms. The van der Waals surface area contributed by atoms with E-state index < -0.39 is 10.2 Å². The fourth-order valence-electron chi connectivity index (χ4n) is 1.79. The number of anilines is 1. The number of hydrogen-bond donors (Lipinski definition) is 2. The number of hydrogen-bond acceptors (Lipinski definition) is 4. The highest BCUT2D eigenvalue weighted by Crippen LogP contribution is 2.29. The van der Waals surface area contributed by atoms with Crippen LogP contribution in [0, 0.1) is 5.92 Å². The van der Waals surface area contributed by atoms with Crippen molar-refractivity contribution in [1.29, 1.82) is 0 Å². The summed E-state index contributed by atoms with van der Waals surface area (Å²) in [5, 5.41) is 0. The van der Waals surface area contributed by atoms with Gasteiger partial charge in [-0.1, -0.05) is 26.0 Å². The zero-order chi connectivity index (χ0) is 15.9. The van der Waals surface area contributed by atoms with E-state index in [1.807, 2.05) is 13.8 Å². The van der Waals surface area contributed by atoms with Crippen molar-refractivity contribution in [2.75, 3.05) is 31.0 Å². The zero-order valence-corrected chi connectivity index (χ0v) is 13.7. The van der Waals surface area contributed by atoms with Crippen LogP contribution in [-0.4, -0.2) is 35.2 Å². The fourth-order valence-corrected chi connectivity index (χ4v) is 3.27. The Labute approximate surface area is 127 Å². The highest BCUT2D eigenvalue weighted by atomic mass is 32.2. The molecule has 1 rings (SSSR count). The summed E-state index contributed by atoms with van der Waals surface area (Å²) in [4.78, 5) is 0. The molecule has 0 aliphatic heterocycles. The lowest BCUT2D eigenvalue weighted by Crippen LogP contribution is -2.43. The average molecular weight is 315 g/mol. The third-order valence-corrected chi connectivity index (χ3v) is 4.37. The van der Waals surface area contributed by atoms with Gasteiger partial charge in [-0.2, -0.15) is 13.1 Å². The molecule has 3 N–H and O–H groups in total. The van der Waals surface area contributed by atoms with Gasteiger partial charge < -0.3 is 10.5 Å². The fraction of sp³-hybridized carbons (Fsp3) is 0.571. The molecule has 0 amide bonds. The number of methoxy groups -OCH3 is 1. The van der Waals surface area contributed by atoms with Gasteiger partial charge >= 0.3 is 10.2 Å². The number of benzene rings is 1. The topological polar surface area (TPSA) is 84.7 Å². The lowest BCUT2D eigenvalue weighted by molar-refractivity contribution is 0.415. The second-order valence-electron chi connectivity index (χ2n) is 5.13. The van der Waals surface area contributed by atoms with Crippen LogP contribution >= 0.6 is 0 Å². The van der Waals surface area contributed by atoms with Gasteiger partial charge in [-0.05, 0) is 31.0 Å². The van der Waals surface area contributed by atoms with Crippen LogP contribution in [0.1, 0.15) is 20.3 Å². The molecule has 7 heteroatoms. The Bertz CT molecular complexity index is 532. The molecule has 0 aliphatic carbocycles. The van der Waals surface area contributed by atoms with Gasteiger partial charge in [-0.3, -0.25) is 4.31 Å². The lowest BCUT2D eigenvalue weighted by atomic mass is 10.2. The predicted molar refractivity (Wildman–Crippen MR) is 85.8 cm³/mol. The van der Waals surface area contributed by atoms with Crippen LogP contribution in [0.25, 0.3) is 0 Å². The molecule has 0 aromatic heterocycles. The van der Waals surface area contributed by atoms with Crippen molar-refractivity contribution in [3.05, 3.63) is 24.3 Å². The van der Waals surface area contributed by atoms with E-state index in [0.717, 1.165) is 0 Å². The first-order chi connectivity index (χ1) is 9.92. The van der Waals surface area contributed by atoms with Crippen molar-refractivity contribution in [3.8, 4) is 5.75 Å². The van der Waals surface area contributed by atoms with Crippen molar-refractivity contribution < 1.29 is 13.2 Å². The lowest BCUT2D eigenvalue weighted by Gasteiger charge is -2.26. The highest BCUT2D eigenvalue weighted by molar-refractivity contribution is 7.90. The molecule has 0 radical (unpaired) electrons. The van der Waals surface area contributed by atoms with E-state index >= 15 is 0 Å². The first kappa shape index (κ1) is 17.7. The van der Waals surface area contributed by atoms with Crippen molar-refractivity contribution >= 4 is 15.9 Å². The maximum atomic E-state index is 12.5. The minimum atomic E-state index is -3.63. The SMILES string of the molecule is COc1ccccc1N(CCCN)S(=O)(=O)NCC(C)C. The Morgan fingerprint density at radius 3 is 2.57 bits per heavy atom. The molecule has 0 saturated heterocycles. The van der Waals surface area contributed by atoms with Gasteiger partial charge in [0.05, 0.1) is 12.8 Å². The second kappa shape index (κ2) is 8.21. The smallest absolute Gasteiger partial charge is 0.301 e. The molecular formula is C14H25N3O3S. The van der Waals surface area contributed by atoms with E-state index in [1.54, 1.807) is 24.3 Å². The molecule has 1 aromatic rings. The number of ether oxygens (including phenoxy) is 1. The quantitative estimate of drug-likeness (QED) is 0.720. The summed E-state index contributed by atoms with van der Waals surface area (Å²) >= 11 is 0. The maximum Gasteiger partial charge on any atom is 0.301 e. The van der Waals surface area contributed by atoms with Crippen LogP contribution in [-0.2, 0) is 10.2 Å². The highest BCUT2D eigenvalue weighted by Gasteiger charge is 2.24. The molecule has 0 aliphatic rings. The molecule has 6 nitrogen and oxygen atoms in total. The number of nitrogens with one attached hydrogen (secondary N) is 1. The summed E-state index contributed by atoms with van der Waals surface area (Å²) in [5.41, 5.74) is 6.04. The van der Waals surface area contributed by atoms with Crippen molar-refractivity contribution in [3.63, 3.8) is 0 Å². The zero-order valence-electron chi connectivity index (χ0n) is 12.9. The Balaban J connectivity index is 3.10. The van der Waals surface area contributed by atoms with Gasteiger partial charge in [-0.15, -0.1) is 0 Å². The van der Waals surface area contributed by atoms with Crippen LogP contribution in [0.4, 0.5) is 5.69 Å². The minimum absolute atomic E-state index is 0.230. The van der Waals surface area contributed by atoms with Crippen LogP contribution < -0.4 is 19.5 Å². The van der Waals surface area contributed by atoms with E-state index in [0.29, 0.717) is 37.5 Å². The van der Waals surface area contributed by atoms with Gasteiger partial charge in [0.1, 0.15) is 5.75 Å². The van der Waals surface area contributed by atoms with Crippen molar-refractivity contribution in [2.45, 2.75) is 20.3 Å². The van der Waals surface area contributed by atoms with Crippen LogP contribution in [0.2, 0.25) is 0 Å². The van der Waals surface area contributed by atoms with Gasteiger partial charge in [0.15, 0.2) is 0 Å². The van der Waals surface area contributed by atoms with E-state index in [1.165, 1.54) is 11.4 Å². The molecule has 0 spiro atoms. The summed E-state index contributed by atoms with van der Waals surface area (Å²) in [6.07, 6.45) is 0.570. The minimum Gasteiger partial charge on any atom is -0.495 e. The predicted octanol–water partition coefficient (Wildman–Crippen LogP) is 1.34. The summed E-state index contributed by atoms with van der Waals surface area (Å²) in [6, 6.07) is 7.05. The van der Waals surface area contributed by atoms with Crippen LogP contribution in [0.3, 0.4) is 0 Å². The van der Waals surface area contributed by atoms with Gasteiger partial charge in [0, 0.05) is 13.1 Å². The summed E-state index contributed by atoms with van der Waals surface area (Å²) < 4.78 is 34.3. The standard InChI is InChI=1S/C14H25N3O3S/c1-12(2)11-16-21(18,19)17(10-6-9-15)13-7-4-5-8-14(13)20-3/h4-5,7-8,12,16H,6,9-11,15H2,1-3H3. The number of rotatable bonds is 9. The summed E-state index contributed by atoms with van der Waals surface area (Å²) in [5.74, 6) is 0.748. The Morgan fingerprint density at radius 2 is 2.00 bits per heavy atom. The molecule has 0 bridgehead atoms. The van der Waals surface area contributed by atoms with Crippen LogP contribution in [0.15, 0.2) is 24.3 Å². The Hall–Kier alpha value is -1.31. The number of para-hydroxylation sites is 2. The van der Waals surface area contributed by atoms with E-state index in [9.17, 15) is 8.42 Å². The number of nitrogens with zero attached hydrogens (tertiary/aromatic N) is 1. The largest absolute Gasteiger partial charge is 0.495 e. The average Bonchev–Trinajstić information content (AvgIpc) is 2.46. The van der Waals surface area contributed by atoms with Crippen molar-refractivity contribution in [1.82, 2.24) is 4.72 Å². The maximum absolute atomic E-state index is 12.5. The molecule has 0 saturated carbocycles. The Kier molecular flexibility index (Phi) is 6.94. The van der Waals surface area contributed by atoms with Gasteiger partial charge in [-0.25, -0.2) is 0 Å². The Morgan fingerprint density at radius 1 is 1.33 bits per heavy atom. The third kappa shape index (κ3) is 5.18. The monoisotopic (exact) mass is 315 g/mol. The first-order valence-corrected chi connectivity index (χ1v) is 8.46. The van der Waals surface area contributed by atoms with Gasteiger partial charge in [0.2, 0.25) is 0 Å². The summed E-state index contributed by atoms with van der Waals surface area (Å²) in [6.45, 7) is 5.03. The van der Waals surface area contributed by atoms with Crippen LogP contribution in [0.5, 0.6) is 5.75 Å². The molecular weight excluding hydrogens is 290 g/mol. The molecule has 0 atom stereocenters. The van der Waals surface area contributed by atoms with E-state index in [2.05, 4.69) is 4.72 Å².